The van der Waals surface area contributed by atoms with Gasteiger partial charge in [-0.1, -0.05) is 62.9 Å². The van der Waals surface area contributed by atoms with Crippen molar-refractivity contribution in [3.05, 3.63) is 77.6 Å². The fraction of sp³-hybridized carbons (Fsp3) is 0.452. The Balaban J connectivity index is 1.15. The highest BCUT2D eigenvalue weighted by Gasteiger charge is 2.24. The summed E-state index contributed by atoms with van der Waals surface area (Å²) in [4.78, 5) is 18.8. The van der Waals surface area contributed by atoms with Crippen LogP contribution in [-0.2, 0) is 0 Å². The van der Waals surface area contributed by atoms with Gasteiger partial charge in [-0.05, 0) is 49.1 Å². The number of nitrogens with zero attached hydrogens (tertiary/aromatic N) is 5. The molecule has 5 rings (SSSR count). The molecule has 3 heterocycles. The van der Waals surface area contributed by atoms with Crippen molar-refractivity contribution in [3.8, 4) is 11.1 Å². The highest BCUT2D eigenvalue weighted by atomic mass is 19.1. The first-order valence-electron chi connectivity index (χ1n) is 14.0. The Labute approximate surface area is 224 Å². The minimum atomic E-state index is -0.553. The Morgan fingerprint density at radius 1 is 0.816 bits per heavy atom. The quantitative estimate of drug-likeness (QED) is 0.276. The Morgan fingerprint density at radius 2 is 1.50 bits per heavy atom. The third-order valence-corrected chi connectivity index (χ3v) is 7.72. The van der Waals surface area contributed by atoms with Crippen LogP contribution in [0.5, 0.6) is 0 Å². The molecule has 1 aromatic heterocycles. The van der Waals surface area contributed by atoms with E-state index >= 15 is 0 Å². The molecule has 5 nitrogen and oxygen atoms in total. The van der Waals surface area contributed by atoms with Crippen LogP contribution in [-0.4, -0.2) is 53.3 Å². The molecule has 0 radical (unpaired) electrons. The van der Waals surface area contributed by atoms with E-state index in [0.717, 1.165) is 55.2 Å². The summed E-state index contributed by atoms with van der Waals surface area (Å²) in [5, 5.41) is 0. The highest BCUT2D eigenvalue weighted by molar-refractivity contribution is 6.02. The van der Waals surface area contributed by atoms with Gasteiger partial charge in [-0.15, -0.1) is 0 Å². The van der Waals surface area contributed by atoms with E-state index in [0.29, 0.717) is 12.1 Å². The van der Waals surface area contributed by atoms with Crippen molar-refractivity contribution >= 4 is 11.7 Å². The number of hydrogen-bond donors (Lipinski definition) is 0. The summed E-state index contributed by atoms with van der Waals surface area (Å²) in [5.74, 6) is -0.313. The lowest BCUT2D eigenvalue weighted by molar-refractivity contribution is 0.251. The number of anilines is 1. The average molecular weight is 518 g/mol. The molecule has 3 aromatic rings. The molecule has 0 bridgehead atoms. The molecule has 1 unspecified atom stereocenters. The van der Waals surface area contributed by atoms with Crippen LogP contribution in [0.2, 0.25) is 0 Å². The molecular weight excluding hydrogens is 480 g/mol. The second kappa shape index (κ2) is 12.6. The van der Waals surface area contributed by atoms with Crippen LogP contribution in [0, 0.1) is 11.6 Å². The first-order valence-corrected chi connectivity index (χ1v) is 14.0. The fourth-order valence-corrected chi connectivity index (χ4v) is 5.44. The second-order valence-electron chi connectivity index (χ2n) is 10.4. The molecule has 0 N–H and O–H groups in total. The molecule has 2 aromatic carbocycles. The SMILES string of the molecule is CCCCCCCN1CCN(c2ncc(-c3ccc(C4CCC(c5c(F)cccc5F)=N4)cc3)cn2)CC1. The molecule has 2 aliphatic heterocycles. The number of piperazine rings is 1. The van der Waals surface area contributed by atoms with Gasteiger partial charge in [-0.2, -0.15) is 0 Å². The van der Waals surface area contributed by atoms with Crippen LogP contribution in [0.3, 0.4) is 0 Å². The van der Waals surface area contributed by atoms with Gasteiger partial charge in [0.15, 0.2) is 0 Å². The normalized spacial score (nSPS) is 18.1. The maximum absolute atomic E-state index is 14.2. The smallest absolute Gasteiger partial charge is 0.225 e. The van der Waals surface area contributed by atoms with E-state index in [4.69, 9.17) is 0 Å². The lowest BCUT2D eigenvalue weighted by Gasteiger charge is -2.34. The molecule has 0 aliphatic carbocycles. The van der Waals surface area contributed by atoms with Crippen molar-refractivity contribution < 1.29 is 8.78 Å². The third kappa shape index (κ3) is 6.26. The zero-order chi connectivity index (χ0) is 26.3. The van der Waals surface area contributed by atoms with Gasteiger partial charge in [0.2, 0.25) is 5.95 Å². The van der Waals surface area contributed by atoms with Crippen LogP contribution in [0.4, 0.5) is 14.7 Å². The summed E-state index contributed by atoms with van der Waals surface area (Å²) in [6.45, 7) is 7.51. The van der Waals surface area contributed by atoms with Crippen molar-refractivity contribution in [1.29, 1.82) is 0 Å². The predicted molar refractivity (Wildman–Crippen MR) is 150 cm³/mol. The fourth-order valence-electron chi connectivity index (χ4n) is 5.44. The molecule has 1 saturated heterocycles. The number of aliphatic imine (C=N–C) groups is 1. The predicted octanol–water partition coefficient (Wildman–Crippen LogP) is 6.84. The van der Waals surface area contributed by atoms with Gasteiger partial charge >= 0.3 is 0 Å². The zero-order valence-electron chi connectivity index (χ0n) is 22.3. The first-order chi connectivity index (χ1) is 18.6. The molecule has 0 saturated carbocycles. The summed E-state index contributed by atoms with van der Waals surface area (Å²) in [6.07, 6.45) is 11.7. The summed E-state index contributed by atoms with van der Waals surface area (Å²) < 4.78 is 28.4. The van der Waals surface area contributed by atoms with Gasteiger partial charge in [0.05, 0.1) is 11.6 Å². The number of rotatable bonds is 10. The van der Waals surface area contributed by atoms with Crippen molar-refractivity contribution in [2.45, 2.75) is 57.9 Å². The van der Waals surface area contributed by atoms with E-state index < -0.39 is 11.6 Å². The summed E-state index contributed by atoms with van der Waals surface area (Å²) in [6, 6.07) is 12.0. The number of unbranched alkanes of at least 4 members (excludes halogenated alkanes) is 4. The highest BCUT2D eigenvalue weighted by Crippen LogP contribution is 2.33. The Hall–Kier alpha value is -3.19. The monoisotopic (exact) mass is 517 g/mol. The first kappa shape index (κ1) is 26.4. The van der Waals surface area contributed by atoms with Crippen molar-refractivity contribution in [3.63, 3.8) is 0 Å². The lowest BCUT2D eigenvalue weighted by atomic mass is 10.0. The van der Waals surface area contributed by atoms with Gasteiger partial charge in [0.1, 0.15) is 11.6 Å². The van der Waals surface area contributed by atoms with E-state index in [9.17, 15) is 8.78 Å². The molecule has 2 aliphatic rings. The van der Waals surface area contributed by atoms with Crippen molar-refractivity contribution in [1.82, 2.24) is 14.9 Å². The van der Waals surface area contributed by atoms with E-state index in [-0.39, 0.29) is 11.6 Å². The Morgan fingerprint density at radius 3 is 2.18 bits per heavy atom. The Bertz CT molecular complexity index is 1200. The summed E-state index contributed by atoms with van der Waals surface area (Å²) in [7, 11) is 0. The summed E-state index contributed by atoms with van der Waals surface area (Å²) in [5.41, 5.74) is 3.56. The number of halogens is 2. The zero-order valence-corrected chi connectivity index (χ0v) is 22.3. The lowest BCUT2D eigenvalue weighted by Crippen LogP contribution is -2.47. The second-order valence-corrected chi connectivity index (χ2v) is 10.4. The third-order valence-electron chi connectivity index (χ3n) is 7.72. The largest absolute Gasteiger partial charge is 0.338 e. The number of hydrogen-bond acceptors (Lipinski definition) is 5. The molecule has 38 heavy (non-hydrogen) atoms. The maximum Gasteiger partial charge on any atom is 0.225 e. The standard InChI is InChI=1S/C31H37F2N5/c1-2-3-4-5-6-16-37-17-19-38(20-18-37)31-34-21-25(22-35-31)23-10-12-24(13-11-23)28-14-15-29(36-28)30-26(32)8-7-9-27(30)33/h7-13,21-22,28H,2-6,14-20H2,1H3. The van der Waals surface area contributed by atoms with Crippen LogP contribution >= 0.6 is 0 Å². The minimum absolute atomic E-state index is 0.00711. The van der Waals surface area contributed by atoms with Crippen LogP contribution in [0.1, 0.15) is 69.0 Å². The van der Waals surface area contributed by atoms with E-state index in [1.54, 1.807) is 0 Å². The van der Waals surface area contributed by atoms with Gasteiger partial charge in [-0.25, -0.2) is 18.7 Å². The maximum atomic E-state index is 14.2. The average Bonchev–Trinajstić information content (AvgIpc) is 3.43. The minimum Gasteiger partial charge on any atom is -0.338 e. The summed E-state index contributed by atoms with van der Waals surface area (Å²) >= 11 is 0. The molecule has 0 spiro atoms. The molecule has 0 amide bonds. The molecule has 1 atom stereocenters. The van der Waals surface area contributed by atoms with E-state index in [1.165, 1.54) is 56.8 Å². The topological polar surface area (TPSA) is 44.6 Å². The Kier molecular flexibility index (Phi) is 8.74. The van der Waals surface area contributed by atoms with Crippen LogP contribution in [0.25, 0.3) is 11.1 Å². The van der Waals surface area contributed by atoms with Crippen LogP contribution in [0.15, 0.2) is 59.9 Å². The molecule has 200 valence electrons. The number of aromatic nitrogens is 2. The van der Waals surface area contributed by atoms with Crippen molar-refractivity contribution in [2.24, 2.45) is 4.99 Å². The number of benzene rings is 2. The van der Waals surface area contributed by atoms with Gasteiger partial charge < -0.3 is 4.90 Å². The molecule has 1 fully saturated rings. The van der Waals surface area contributed by atoms with Gasteiger partial charge in [0, 0.05) is 49.8 Å². The van der Waals surface area contributed by atoms with E-state index in [1.807, 2.05) is 36.7 Å². The van der Waals surface area contributed by atoms with Gasteiger partial charge in [-0.3, -0.25) is 9.89 Å². The van der Waals surface area contributed by atoms with Crippen LogP contribution < -0.4 is 4.90 Å². The van der Waals surface area contributed by atoms with E-state index in [2.05, 4.69) is 31.7 Å². The molecular formula is C31H37F2N5. The van der Waals surface area contributed by atoms with Crippen molar-refractivity contribution in [2.75, 3.05) is 37.6 Å². The van der Waals surface area contributed by atoms with Gasteiger partial charge in [0.25, 0.3) is 0 Å². The molecule has 7 heteroatoms.